The zero-order valence-electron chi connectivity index (χ0n) is 11.4. The number of pyridine rings is 1. The van der Waals surface area contributed by atoms with Crippen molar-refractivity contribution in [1.82, 2.24) is 4.98 Å². The summed E-state index contributed by atoms with van der Waals surface area (Å²) in [6.45, 7) is 1.87. The predicted octanol–water partition coefficient (Wildman–Crippen LogP) is 1.79. The van der Waals surface area contributed by atoms with Crippen molar-refractivity contribution >= 4 is 5.82 Å². The van der Waals surface area contributed by atoms with Crippen LogP contribution in [-0.4, -0.2) is 38.6 Å². The van der Waals surface area contributed by atoms with E-state index in [1.165, 1.54) is 0 Å². The summed E-state index contributed by atoms with van der Waals surface area (Å²) in [6, 6.07) is 5.79. The van der Waals surface area contributed by atoms with E-state index in [0.717, 1.165) is 31.7 Å². The van der Waals surface area contributed by atoms with Gasteiger partial charge in [0, 0.05) is 39.4 Å². The van der Waals surface area contributed by atoms with Gasteiger partial charge in [-0.3, -0.25) is 0 Å². The molecule has 2 heterocycles. The average Bonchev–Trinajstić information content (AvgIpc) is 2.49. The van der Waals surface area contributed by atoms with E-state index in [4.69, 9.17) is 14.7 Å². The minimum atomic E-state index is -0.115. The molecular weight excluding hydrogens is 242 g/mol. The first-order valence-corrected chi connectivity index (χ1v) is 6.45. The van der Waals surface area contributed by atoms with Crippen molar-refractivity contribution in [3.8, 4) is 6.07 Å². The molecule has 0 spiro atoms. The van der Waals surface area contributed by atoms with Crippen molar-refractivity contribution in [3.05, 3.63) is 23.9 Å². The topological polar surface area (TPSA) is 58.4 Å². The second-order valence-electron chi connectivity index (χ2n) is 4.68. The first kappa shape index (κ1) is 13.8. The van der Waals surface area contributed by atoms with Gasteiger partial charge in [0.25, 0.3) is 0 Å². The summed E-state index contributed by atoms with van der Waals surface area (Å²) in [5, 5.41) is 8.76. The maximum absolute atomic E-state index is 8.76. The molecule has 0 atom stereocenters. The van der Waals surface area contributed by atoms with Crippen LogP contribution >= 0.6 is 0 Å². The summed E-state index contributed by atoms with van der Waals surface area (Å²) in [5.74, 6) is 1.37. The number of nitriles is 1. The maximum Gasteiger partial charge on any atom is 0.159 e. The highest BCUT2D eigenvalue weighted by Crippen LogP contribution is 2.25. The lowest BCUT2D eigenvalue weighted by Gasteiger charge is -2.35. The third-order valence-corrected chi connectivity index (χ3v) is 3.59. The number of ether oxygens (including phenoxy) is 2. The summed E-state index contributed by atoms with van der Waals surface area (Å²) >= 11 is 0. The molecule has 0 radical (unpaired) electrons. The Bertz CT molecular complexity index is 429. The van der Waals surface area contributed by atoms with E-state index in [-0.39, 0.29) is 6.29 Å². The minimum absolute atomic E-state index is 0.115. The van der Waals surface area contributed by atoms with E-state index in [1.54, 1.807) is 20.4 Å². The zero-order chi connectivity index (χ0) is 13.7. The van der Waals surface area contributed by atoms with Gasteiger partial charge in [-0.1, -0.05) is 0 Å². The van der Waals surface area contributed by atoms with Crippen molar-refractivity contribution in [2.75, 3.05) is 32.2 Å². The van der Waals surface area contributed by atoms with Crippen molar-refractivity contribution in [3.63, 3.8) is 0 Å². The third-order valence-electron chi connectivity index (χ3n) is 3.59. The molecule has 0 N–H and O–H groups in total. The first-order valence-electron chi connectivity index (χ1n) is 6.45. The maximum atomic E-state index is 8.76. The van der Waals surface area contributed by atoms with E-state index >= 15 is 0 Å². The van der Waals surface area contributed by atoms with Gasteiger partial charge in [0.05, 0.1) is 5.56 Å². The van der Waals surface area contributed by atoms with Gasteiger partial charge in [0.1, 0.15) is 11.9 Å². The van der Waals surface area contributed by atoms with Gasteiger partial charge < -0.3 is 14.4 Å². The number of nitrogens with zero attached hydrogens (tertiary/aromatic N) is 3. The molecule has 1 saturated heterocycles. The molecule has 1 aliphatic rings. The van der Waals surface area contributed by atoms with Crippen LogP contribution in [0.4, 0.5) is 5.82 Å². The van der Waals surface area contributed by atoms with E-state index in [1.807, 2.05) is 12.1 Å². The van der Waals surface area contributed by atoms with Crippen LogP contribution in [0, 0.1) is 17.2 Å². The van der Waals surface area contributed by atoms with E-state index in [0.29, 0.717) is 11.5 Å². The lowest BCUT2D eigenvalue weighted by atomic mass is 9.96. The molecule has 1 aliphatic heterocycles. The van der Waals surface area contributed by atoms with Crippen LogP contribution in [0.25, 0.3) is 0 Å². The number of hydrogen-bond acceptors (Lipinski definition) is 5. The van der Waals surface area contributed by atoms with Crippen molar-refractivity contribution < 1.29 is 9.47 Å². The molecule has 1 aromatic rings. The molecule has 2 rings (SSSR count). The standard InChI is InChI=1S/C14H19N3O2/c1-18-14(19-2)12-5-7-17(8-6-12)13-4-3-11(9-15)10-16-13/h3-4,10,12,14H,5-8H2,1-2H3. The Kier molecular flexibility index (Phi) is 4.72. The van der Waals surface area contributed by atoms with Gasteiger partial charge in [-0.15, -0.1) is 0 Å². The van der Waals surface area contributed by atoms with E-state index < -0.39 is 0 Å². The summed E-state index contributed by atoms with van der Waals surface area (Å²) in [7, 11) is 3.37. The summed E-state index contributed by atoms with van der Waals surface area (Å²) in [4.78, 5) is 6.56. The smallest absolute Gasteiger partial charge is 0.159 e. The summed E-state index contributed by atoms with van der Waals surface area (Å²) < 4.78 is 10.6. The molecule has 0 aromatic carbocycles. The van der Waals surface area contributed by atoms with Crippen molar-refractivity contribution in [1.29, 1.82) is 5.26 Å². The highest BCUT2D eigenvalue weighted by Gasteiger charge is 2.26. The van der Waals surface area contributed by atoms with Gasteiger partial charge in [-0.25, -0.2) is 4.98 Å². The molecule has 5 heteroatoms. The summed E-state index contributed by atoms with van der Waals surface area (Å²) in [5.41, 5.74) is 0.595. The van der Waals surface area contributed by atoms with Crippen molar-refractivity contribution in [2.45, 2.75) is 19.1 Å². The molecule has 0 aliphatic carbocycles. The lowest BCUT2D eigenvalue weighted by Crippen LogP contribution is -2.39. The predicted molar refractivity (Wildman–Crippen MR) is 71.7 cm³/mol. The molecule has 19 heavy (non-hydrogen) atoms. The van der Waals surface area contributed by atoms with Gasteiger partial charge in [-0.2, -0.15) is 5.26 Å². The fraction of sp³-hybridized carbons (Fsp3) is 0.571. The molecule has 5 nitrogen and oxygen atoms in total. The monoisotopic (exact) mass is 261 g/mol. The summed E-state index contributed by atoms with van der Waals surface area (Å²) in [6.07, 6.45) is 3.55. The Labute approximate surface area is 113 Å². The van der Waals surface area contributed by atoms with Crippen LogP contribution in [0.15, 0.2) is 18.3 Å². The molecule has 1 fully saturated rings. The Morgan fingerprint density at radius 1 is 1.32 bits per heavy atom. The van der Waals surface area contributed by atoms with Gasteiger partial charge in [-0.05, 0) is 25.0 Å². The van der Waals surface area contributed by atoms with Gasteiger partial charge >= 0.3 is 0 Å². The van der Waals surface area contributed by atoms with Crippen LogP contribution in [0.2, 0.25) is 0 Å². The third kappa shape index (κ3) is 3.22. The molecular formula is C14H19N3O2. The SMILES string of the molecule is COC(OC)C1CCN(c2ccc(C#N)cn2)CC1. The van der Waals surface area contributed by atoms with Crippen LogP contribution in [0.1, 0.15) is 18.4 Å². The highest BCUT2D eigenvalue weighted by atomic mass is 16.7. The second-order valence-corrected chi connectivity index (χ2v) is 4.68. The molecule has 1 aromatic heterocycles. The Morgan fingerprint density at radius 3 is 2.47 bits per heavy atom. The number of hydrogen-bond donors (Lipinski definition) is 0. The van der Waals surface area contributed by atoms with E-state index in [2.05, 4.69) is 16.0 Å². The van der Waals surface area contributed by atoms with Crippen LogP contribution in [0.3, 0.4) is 0 Å². The molecule has 102 valence electrons. The normalized spacial score (nSPS) is 16.6. The highest BCUT2D eigenvalue weighted by molar-refractivity contribution is 5.42. The van der Waals surface area contributed by atoms with Crippen LogP contribution < -0.4 is 4.90 Å². The second kappa shape index (κ2) is 6.50. The number of piperidine rings is 1. The zero-order valence-corrected chi connectivity index (χ0v) is 11.4. The molecule has 0 amide bonds. The average molecular weight is 261 g/mol. The molecule has 0 saturated carbocycles. The lowest BCUT2D eigenvalue weighted by molar-refractivity contribution is -0.141. The molecule has 0 unspecified atom stereocenters. The number of methoxy groups -OCH3 is 2. The Hall–Kier alpha value is -1.64. The Morgan fingerprint density at radius 2 is 2.00 bits per heavy atom. The number of aromatic nitrogens is 1. The molecule has 0 bridgehead atoms. The Balaban J connectivity index is 1.94. The number of rotatable bonds is 4. The van der Waals surface area contributed by atoms with Gasteiger partial charge in [0.15, 0.2) is 6.29 Å². The minimum Gasteiger partial charge on any atom is -0.357 e. The fourth-order valence-electron chi connectivity index (χ4n) is 2.52. The quantitative estimate of drug-likeness (QED) is 0.773. The fourth-order valence-corrected chi connectivity index (χ4v) is 2.52. The van der Waals surface area contributed by atoms with Crippen LogP contribution in [-0.2, 0) is 9.47 Å². The first-order chi connectivity index (χ1) is 9.28. The van der Waals surface area contributed by atoms with E-state index in [9.17, 15) is 0 Å². The van der Waals surface area contributed by atoms with Crippen LogP contribution in [0.5, 0.6) is 0 Å². The van der Waals surface area contributed by atoms with Gasteiger partial charge in [0.2, 0.25) is 0 Å². The number of anilines is 1. The largest absolute Gasteiger partial charge is 0.357 e. The van der Waals surface area contributed by atoms with Crippen molar-refractivity contribution in [2.24, 2.45) is 5.92 Å².